The van der Waals surface area contributed by atoms with Crippen LogP contribution in [0.2, 0.25) is 0 Å². The predicted molar refractivity (Wildman–Crippen MR) is 60.5 cm³/mol. The van der Waals surface area contributed by atoms with E-state index in [1.165, 1.54) is 5.56 Å². The molecule has 0 aromatic heterocycles. The average molecular weight is 216 g/mol. The first-order chi connectivity index (χ1) is 7.69. The smallest absolute Gasteiger partial charge is 0.303 e. The summed E-state index contributed by atoms with van der Waals surface area (Å²) in [5, 5.41) is 4.59. The first kappa shape index (κ1) is 10.4. The highest BCUT2D eigenvalue weighted by molar-refractivity contribution is 6.13. The van der Waals surface area contributed by atoms with Crippen molar-refractivity contribution in [2.75, 3.05) is 0 Å². The summed E-state index contributed by atoms with van der Waals surface area (Å²) in [5.41, 5.74) is 2.42. The lowest BCUT2D eigenvalue weighted by Gasteiger charge is -1.98. The van der Waals surface area contributed by atoms with Crippen LogP contribution in [0.15, 0.2) is 30.0 Å². The summed E-state index contributed by atoms with van der Waals surface area (Å²) in [5.74, 6) is -0.385. The van der Waals surface area contributed by atoms with Gasteiger partial charge >= 0.3 is 6.03 Å². The fraction of sp³-hybridized carbons (Fsp3) is 0.167. The molecular weight excluding hydrogens is 204 g/mol. The first-order valence-electron chi connectivity index (χ1n) is 5.12. The van der Waals surface area contributed by atoms with Crippen molar-refractivity contribution in [3.63, 3.8) is 0 Å². The lowest BCUT2D eigenvalue weighted by molar-refractivity contribution is -0.115. The molecule has 16 heavy (non-hydrogen) atoms. The van der Waals surface area contributed by atoms with Gasteiger partial charge in [0.05, 0.1) is 0 Å². The van der Waals surface area contributed by atoms with Gasteiger partial charge in [0, 0.05) is 0 Å². The van der Waals surface area contributed by atoms with Crippen molar-refractivity contribution in [2.24, 2.45) is 0 Å². The lowest BCUT2D eigenvalue weighted by atomic mass is 10.1. The molecule has 0 atom stereocenters. The van der Waals surface area contributed by atoms with Crippen LogP contribution in [0.3, 0.4) is 0 Å². The van der Waals surface area contributed by atoms with Crippen LogP contribution in [0, 0.1) is 0 Å². The molecular formula is C12H12N2O2. The van der Waals surface area contributed by atoms with Crippen molar-refractivity contribution in [1.29, 1.82) is 0 Å². The molecule has 4 nitrogen and oxygen atoms in total. The van der Waals surface area contributed by atoms with Crippen LogP contribution in [0.1, 0.15) is 18.1 Å². The predicted octanol–water partition coefficient (Wildman–Crippen LogP) is 1.43. The number of nitrogens with one attached hydrogen (secondary N) is 2. The second kappa shape index (κ2) is 4.18. The van der Waals surface area contributed by atoms with E-state index in [2.05, 4.69) is 17.6 Å². The fourth-order valence-electron chi connectivity index (χ4n) is 1.50. The van der Waals surface area contributed by atoms with Gasteiger partial charge in [-0.15, -0.1) is 0 Å². The van der Waals surface area contributed by atoms with Crippen LogP contribution in [0.25, 0.3) is 6.08 Å². The number of rotatable bonds is 2. The minimum atomic E-state index is -0.471. The van der Waals surface area contributed by atoms with Crippen molar-refractivity contribution in [2.45, 2.75) is 13.3 Å². The average Bonchev–Trinajstić information content (AvgIpc) is 2.59. The Kier molecular flexibility index (Phi) is 2.72. The highest BCUT2D eigenvalue weighted by Gasteiger charge is 2.22. The van der Waals surface area contributed by atoms with Gasteiger partial charge in [-0.1, -0.05) is 31.2 Å². The number of benzene rings is 1. The van der Waals surface area contributed by atoms with Crippen LogP contribution in [-0.4, -0.2) is 11.9 Å². The first-order valence-corrected chi connectivity index (χ1v) is 5.12. The second-order valence-electron chi connectivity index (χ2n) is 3.56. The zero-order valence-corrected chi connectivity index (χ0v) is 8.91. The summed E-state index contributed by atoms with van der Waals surface area (Å²) in [6.45, 7) is 2.08. The van der Waals surface area contributed by atoms with Crippen LogP contribution in [0.4, 0.5) is 4.79 Å². The van der Waals surface area contributed by atoms with Gasteiger partial charge < -0.3 is 5.32 Å². The quantitative estimate of drug-likeness (QED) is 0.580. The zero-order chi connectivity index (χ0) is 11.5. The number of hydrogen-bond acceptors (Lipinski definition) is 2. The molecule has 1 aliphatic rings. The Morgan fingerprint density at radius 2 is 1.81 bits per heavy atom. The summed E-state index contributed by atoms with van der Waals surface area (Å²) in [4.78, 5) is 22.1. The van der Waals surface area contributed by atoms with E-state index in [0.29, 0.717) is 0 Å². The molecule has 0 aliphatic carbocycles. The van der Waals surface area contributed by atoms with Crippen molar-refractivity contribution in [1.82, 2.24) is 10.6 Å². The maximum absolute atomic E-state index is 11.2. The summed E-state index contributed by atoms with van der Waals surface area (Å²) < 4.78 is 0. The van der Waals surface area contributed by atoms with Crippen LogP contribution < -0.4 is 10.6 Å². The Morgan fingerprint density at radius 3 is 2.31 bits per heavy atom. The van der Waals surface area contributed by atoms with Gasteiger partial charge in [-0.3, -0.25) is 10.1 Å². The highest BCUT2D eigenvalue weighted by Crippen LogP contribution is 2.10. The van der Waals surface area contributed by atoms with E-state index in [-0.39, 0.29) is 11.6 Å². The third kappa shape index (κ3) is 2.11. The van der Waals surface area contributed by atoms with Crippen LogP contribution in [0.5, 0.6) is 0 Å². The number of carbonyl (C=O) groups excluding carboxylic acids is 2. The van der Waals surface area contributed by atoms with Crippen LogP contribution in [-0.2, 0) is 11.2 Å². The van der Waals surface area contributed by atoms with E-state index in [9.17, 15) is 9.59 Å². The van der Waals surface area contributed by atoms with Gasteiger partial charge in [0.25, 0.3) is 5.91 Å². The molecule has 1 aromatic rings. The standard InChI is InChI=1S/C12H12N2O2/c1-2-8-3-5-9(6-4-8)7-10-11(15)14-12(16)13-10/h3-7H,2H2,1H3,(H2,13,14,15,16). The molecule has 1 fully saturated rings. The SMILES string of the molecule is CCc1ccc(C=C2NC(=O)NC2=O)cc1. The summed E-state index contributed by atoms with van der Waals surface area (Å²) in [6.07, 6.45) is 2.63. The molecule has 0 radical (unpaired) electrons. The maximum atomic E-state index is 11.2. The fourth-order valence-corrected chi connectivity index (χ4v) is 1.50. The second-order valence-corrected chi connectivity index (χ2v) is 3.56. The van der Waals surface area contributed by atoms with Gasteiger partial charge in [-0.2, -0.15) is 0 Å². The molecule has 4 heteroatoms. The summed E-state index contributed by atoms with van der Waals surface area (Å²) >= 11 is 0. The number of aryl methyl sites for hydroxylation is 1. The highest BCUT2D eigenvalue weighted by atomic mass is 16.2. The maximum Gasteiger partial charge on any atom is 0.326 e. The van der Waals surface area contributed by atoms with Gasteiger partial charge in [0.2, 0.25) is 0 Å². The van der Waals surface area contributed by atoms with Gasteiger partial charge in [0.15, 0.2) is 0 Å². The molecule has 1 aromatic carbocycles. The number of amides is 3. The normalized spacial score (nSPS) is 17.4. The minimum Gasteiger partial charge on any atom is -0.303 e. The van der Waals surface area contributed by atoms with Crippen LogP contribution >= 0.6 is 0 Å². The molecule has 2 rings (SSSR count). The Bertz CT molecular complexity index is 460. The van der Waals surface area contributed by atoms with Gasteiger partial charge in [-0.05, 0) is 23.6 Å². The molecule has 1 heterocycles. The number of hydrogen-bond donors (Lipinski definition) is 2. The van der Waals surface area contributed by atoms with Gasteiger partial charge in [0.1, 0.15) is 5.70 Å². The monoisotopic (exact) mass is 216 g/mol. The number of imide groups is 1. The van der Waals surface area contributed by atoms with Gasteiger partial charge in [-0.25, -0.2) is 4.79 Å². The number of urea groups is 1. The molecule has 0 spiro atoms. The summed E-state index contributed by atoms with van der Waals surface area (Å²) in [7, 11) is 0. The van der Waals surface area contributed by atoms with E-state index in [1.54, 1.807) is 6.08 Å². The number of carbonyl (C=O) groups is 2. The van der Waals surface area contributed by atoms with E-state index >= 15 is 0 Å². The molecule has 0 saturated carbocycles. The molecule has 1 aliphatic heterocycles. The largest absolute Gasteiger partial charge is 0.326 e. The van der Waals surface area contributed by atoms with Crippen molar-refractivity contribution >= 4 is 18.0 Å². The van der Waals surface area contributed by atoms with E-state index in [0.717, 1.165) is 12.0 Å². The lowest BCUT2D eigenvalue weighted by Crippen LogP contribution is -2.22. The van der Waals surface area contributed by atoms with E-state index < -0.39 is 6.03 Å². The minimum absolute atomic E-state index is 0.286. The molecule has 0 unspecified atom stereocenters. The Morgan fingerprint density at radius 1 is 1.12 bits per heavy atom. The molecule has 0 bridgehead atoms. The molecule has 82 valence electrons. The third-order valence-corrected chi connectivity index (χ3v) is 2.42. The molecule has 3 amide bonds. The Balaban J connectivity index is 2.22. The third-order valence-electron chi connectivity index (χ3n) is 2.42. The van der Waals surface area contributed by atoms with E-state index in [4.69, 9.17) is 0 Å². The Labute approximate surface area is 93.3 Å². The summed E-state index contributed by atoms with van der Waals surface area (Å²) in [6, 6.07) is 7.37. The Hall–Kier alpha value is -2.10. The zero-order valence-electron chi connectivity index (χ0n) is 8.91. The van der Waals surface area contributed by atoms with Crippen molar-refractivity contribution in [3.8, 4) is 0 Å². The van der Waals surface area contributed by atoms with Crippen molar-refractivity contribution in [3.05, 3.63) is 41.1 Å². The van der Waals surface area contributed by atoms with Crippen molar-refractivity contribution < 1.29 is 9.59 Å². The van der Waals surface area contributed by atoms with E-state index in [1.807, 2.05) is 24.3 Å². The molecule has 1 saturated heterocycles. The molecule has 2 N–H and O–H groups in total. The topological polar surface area (TPSA) is 58.2 Å².